The molecule has 1 fully saturated rings. The van der Waals surface area contributed by atoms with E-state index >= 15 is 0 Å². The predicted molar refractivity (Wildman–Crippen MR) is 77.8 cm³/mol. The Morgan fingerprint density at radius 2 is 2.15 bits per heavy atom. The van der Waals surface area contributed by atoms with Crippen LogP contribution in [0.3, 0.4) is 0 Å². The number of nitrogens with zero attached hydrogens (tertiary/aromatic N) is 1. The molecule has 3 heteroatoms. The summed E-state index contributed by atoms with van der Waals surface area (Å²) in [5.74, 6) is 0.803. The summed E-state index contributed by atoms with van der Waals surface area (Å²) in [5.41, 5.74) is 2.63. The molecule has 2 N–H and O–H groups in total. The average Bonchev–Trinajstić information content (AvgIpc) is 2.43. The lowest BCUT2D eigenvalue weighted by Crippen LogP contribution is -2.60. The fraction of sp³-hybridized carbons (Fsp3) is 0.529. The quantitative estimate of drug-likeness (QED) is 0.708. The Balaban J connectivity index is 1.94. The Bertz CT molecular complexity index is 582. The third-order valence-electron chi connectivity index (χ3n) is 5.70. The summed E-state index contributed by atoms with van der Waals surface area (Å²) in [6.45, 7) is 1.07. The summed E-state index contributed by atoms with van der Waals surface area (Å²) in [6.07, 6.45) is 6.71. The predicted octanol–water partition coefficient (Wildman–Crippen LogP) is 1.83. The van der Waals surface area contributed by atoms with Crippen LogP contribution in [0.5, 0.6) is 5.75 Å². The number of hydrogen-bond acceptors (Lipinski definition) is 3. The molecular formula is C17H21NO2. The van der Waals surface area contributed by atoms with Crippen molar-refractivity contribution < 1.29 is 10.2 Å². The van der Waals surface area contributed by atoms with Gasteiger partial charge in [0.25, 0.3) is 0 Å². The van der Waals surface area contributed by atoms with E-state index in [1.54, 1.807) is 6.07 Å². The molecule has 0 spiro atoms. The van der Waals surface area contributed by atoms with Crippen molar-refractivity contribution in [2.75, 3.05) is 13.6 Å². The van der Waals surface area contributed by atoms with Crippen LogP contribution in [0.25, 0.3) is 0 Å². The highest BCUT2D eigenvalue weighted by Gasteiger charge is 2.53. The number of aliphatic hydroxyl groups excluding tert-OH is 1. The second-order valence-electron chi connectivity index (χ2n) is 6.68. The fourth-order valence-electron chi connectivity index (χ4n) is 4.73. The van der Waals surface area contributed by atoms with Gasteiger partial charge in [0.05, 0.1) is 6.10 Å². The number of fused-ring (bicyclic) bond motifs is 1. The lowest BCUT2D eigenvalue weighted by Gasteiger charge is -2.57. The highest BCUT2D eigenvalue weighted by molar-refractivity contribution is 5.47. The first-order valence-electron chi connectivity index (χ1n) is 7.49. The maximum Gasteiger partial charge on any atom is 0.115 e. The van der Waals surface area contributed by atoms with Gasteiger partial charge in [-0.2, -0.15) is 0 Å². The second kappa shape index (κ2) is 4.09. The molecule has 0 amide bonds. The molecule has 0 radical (unpaired) electrons. The molecule has 4 unspecified atom stereocenters. The van der Waals surface area contributed by atoms with Gasteiger partial charge in [-0.3, -0.25) is 0 Å². The van der Waals surface area contributed by atoms with E-state index in [2.05, 4.69) is 24.1 Å². The van der Waals surface area contributed by atoms with Crippen molar-refractivity contribution in [1.29, 1.82) is 0 Å². The van der Waals surface area contributed by atoms with Gasteiger partial charge in [-0.05, 0) is 56.1 Å². The van der Waals surface area contributed by atoms with E-state index in [9.17, 15) is 10.2 Å². The molecule has 2 aliphatic carbocycles. The molecule has 2 bridgehead atoms. The minimum Gasteiger partial charge on any atom is -0.508 e. The van der Waals surface area contributed by atoms with Crippen LogP contribution in [0, 0.1) is 5.92 Å². The largest absolute Gasteiger partial charge is 0.508 e. The standard InChI is InChI=1S/C17H21NO2/c1-18-7-6-17-10-13(20)4-5-14(17)16(18)8-11-2-3-12(19)9-15(11)17/h2-5,9,13-14,16,19-20H,6-8,10H2,1H3. The molecule has 4 atom stereocenters. The van der Waals surface area contributed by atoms with Crippen LogP contribution in [0.1, 0.15) is 24.0 Å². The molecule has 106 valence electrons. The van der Waals surface area contributed by atoms with Gasteiger partial charge in [0.15, 0.2) is 0 Å². The van der Waals surface area contributed by atoms with E-state index in [0.29, 0.717) is 17.7 Å². The molecule has 1 aromatic carbocycles. The zero-order valence-corrected chi connectivity index (χ0v) is 11.8. The fourth-order valence-corrected chi connectivity index (χ4v) is 4.73. The van der Waals surface area contributed by atoms with Crippen molar-refractivity contribution in [1.82, 2.24) is 4.90 Å². The molecule has 1 heterocycles. The van der Waals surface area contributed by atoms with Crippen molar-refractivity contribution in [3.8, 4) is 5.75 Å². The van der Waals surface area contributed by atoms with Crippen LogP contribution in [-0.2, 0) is 11.8 Å². The maximum absolute atomic E-state index is 10.2. The average molecular weight is 271 g/mol. The number of phenols is 1. The molecule has 3 nitrogen and oxygen atoms in total. The Kier molecular flexibility index (Phi) is 2.54. The summed E-state index contributed by atoms with van der Waals surface area (Å²) in [6, 6.07) is 6.32. The number of aliphatic hydroxyl groups is 1. The van der Waals surface area contributed by atoms with Gasteiger partial charge in [0.1, 0.15) is 5.75 Å². The zero-order chi connectivity index (χ0) is 13.9. The number of benzene rings is 1. The summed E-state index contributed by atoms with van der Waals surface area (Å²) in [5, 5.41) is 20.1. The Labute approximate surface area is 119 Å². The Hall–Kier alpha value is -1.32. The molecule has 1 saturated heterocycles. The molecule has 20 heavy (non-hydrogen) atoms. The Morgan fingerprint density at radius 1 is 1.30 bits per heavy atom. The molecule has 0 saturated carbocycles. The third-order valence-corrected chi connectivity index (χ3v) is 5.70. The zero-order valence-electron chi connectivity index (χ0n) is 11.8. The van der Waals surface area contributed by atoms with Gasteiger partial charge in [-0.1, -0.05) is 18.2 Å². The van der Waals surface area contributed by atoms with Crippen molar-refractivity contribution in [3.05, 3.63) is 41.5 Å². The highest BCUT2D eigenvalue weighted by Crippen LogP contribution is 2.54. The summed E-state index contributed by atoms with van der Waals surface area (Å²) >= 11 is 0. The smallest absolute Gasteiger partial charge is 0.115 e. The first-order valence-corrected chi connectivity index (χ1v) is 7.49. The maximum atomic E-state index is 10.2. The van der Waals surface area contributed by atoms with E-state index in [0.717, 1.165) is 25.8 Å². The minimum absolute atomic E-state index is 0.0116. The minimum atomic E-state index is -0.358. The number of likely N-dealkylation sites (N-methyl/N-ethyl adjacent to an activating group) is 1. The molecule has 3 aliphatic rings. The number of hydrogen-bond donors (Lipinski definition) is 2. The second-order valence-corrected chi connectivity index (χ2v) is 6.68. The monoisotopic (exact) mass is 271 g/mol. The first-order chi connectivity index (χ1) is 9.60. The number of likely N-dealkylation sites (tertiary alicyclic amines) is 1. The van der Waals surface area contributed by atoms with Crippen molar-refractivity contribution in [3.63, 3.8) is 0 Å². The highest BCUT2D eigenvalue weighted by atomic mass is 16.3. The van der Waals surface area contributed by atoms with E-state index in [1.807, 2.05) is 12.1 Å². The normalized spacial score (nSPS) is 39.2. The summed E-state index contributed by atoms with van der Waals surface area (Å²) in [7, 11) is 2.21. The van der Waals surface area contributed by atoms with Gasteiger partial charge in [0.2, 0.25) is 0 Å². The number of phenolic OH excluding ortho intramolecular Hbond substituents is 1. The van der Waals surface area contributed by atoms with Gasteiger partial charge in [-0.15, -0.1) is 0 Å². The molecular weight excluding hydrogens is 250 g/mol. The molecule has 1 aliphatic heterocycles. The van der Waals surface area contributed by atoms with Crippen LogP contribution in [-0.4, -0.2) is 40.9 Å². The third kappa shape index (κ3) is 1.54. The molecule has 0 aromatic heterocycles. The van der Waals surface area contributed by atoms with E-state index in [1.165, 1.54) is 11.1 Å². The lowest BCUT2D eigenvalue weighted by atomic mass is 9.54. The van der Waals surface area contributed by atoms with Crippen molar-refractivity contribution in [2.45, 2.75) is 36.8 Å². The Morgan fingerprint density at radius 3 is 3.00 bits per heavy atom. The van der Waals surface area contributed by atoms with Crippen molar-refractivity contribution >= 4 is 0 Å². The van der Waals surface area contributed by atoms with Crippen molar-refractivity contribution in [2.24, 2.45) is 5.92 Å². The van der Waals surface area contributed by atoms with Gasteiger partial charge in [0, 0.05) is 17.4 Å². The first kappa shape index (κ1) is 12.4. The van der Waals surface area contributed by atoms with E-state index in [-0.39, 0.29) is 11.5 Å². The van der Waals surface area contributed by atoms with Crippen LogP contribution in [0.4, 0.5) is 0 Å². The summed E-state index contributed by atoms with van der Waals surface area (Å²) in [4.78, 5) is 2.46. The van der Waals surface area contributed by atoms with E-state index in [4.69, 9.17) is 0 Å². The van der Waals surface area contributed by atoms with Gasteiger partial charge >= 0.3 is 0 Å². The van der Waals surface area contributed by atoms with Crippen LogP contribution in [0.2, 0.25) is 0 Å². The van der Waals surface area contributed by atoms with Crippen LogP contribution in [0.15, 0.2) is 30.4 Å². The summed E-state index contributed by atoms with van der Waals surface area (Å²) < 4.78 is 0. The molecule has 4 rings (SSSR count). The topological polar surface area (TPSA) is 43.7 Å². The van der Waals surface area contributed by atoms with Gasteiger partial charge < -0.3 is 15.1 Å². The van der Waals surface area contributed by atoms with Crippen LogP contribution < -0.4 is 0 Å². The molecule has 1 aromatic rings. The lowest BCUT2D eigenvalue weighted by molar-refractivity contribution is 0.0208. The van der Waals surface area contributed by atoms with E-state index < -0.39 is 0 Å². The SMILES string of the molecule is CN1CCC23CC(O)C=CC2C1Cc1ccc(O)cc13. The number of piperidine rings is 1. The number of aromatic hydroxyl groups is 1. The number of rotatable bonds is 0. The van der Waals surface area contributed by atoms with Crippen LogP contribution >= 0.6 is 0 Å². The van der Waals surface area contributed by atoms with Gasteiger partial charge in [-0.25, -0.2) is 0 Å².